The molecule has 0 aliphatic rings. The summed E-state index contributed by atoms with van der Waals surface area (Å²) in [5, 5.41) is 9.97. The van der Waals surface area contributed by atoms with Crippen LogP contribution in [0.4, 0.5) is 5.13 Å². The number of aromatic nitrogens is 1. The number of carbonyl (C=O) groups is 1. The van der Waals surface area contributed by atoms with Gasteiger partial charge in [0, 0.05) is 5.38 Å². The van der Waals surface area contributed by atoms with E-state index < -0.39 is 16.0 Å². The minimum absolute atomic E-state index is 0.0243. The molecule has 0 aliphatic heterocycles. The van der Waals surface area contributed by atoms with Crippen molar-refractivity contribution >= 4 is 32.5 Å². The molecule has 1 heterocycles. The maximum absolute atomic E-state index is 11.9. The van der Waals surface area contributed by atoms with E-state index in [0.717, 1.165) is 11.3 Å². The zero-order valence-electron chi connectivity index (χ0n) is 8.90. The van der Waals surface area contributed by atoms with Crippen LogP contribution in [-0.4, -0.2) is 24.5 Å². The number of hydrogen-bond acceptors (Lipinski definition) is 5. The summed E-state index contributed by atoms with van der Waals surface area (Å²) in [5.41, 5.74) is -0.189. The van der Waals surface area contributed by atoms with Crippen LogP contribution in [0.15, 0.2) is 40.6 Å². The van der Waals surface area contributed by atoms with E-state index in [9.17, 15) is 13.2 Å². The molecule has 0 atom stereocenters. The van der Waals surface area contributed by atoms with Crippen LogP contribution in [-0.2, 0) is 10.0 Å². The van der Waals surface area contributed by atoms with Crippen molar-refractivity contribution in [3.05, 3.63) is 41.4 Å². The third kappa shape index (κ3) is 2.66. The molecule has 1 aromatic heterocycles. The molecular weight excluding hydrogens is 276 g/mol. The number of nitrogens with zero attached hydrogens (tertiary/aromatic N) is 1. The lowest BCUT2D eigenvalue weighted by atomic mass is 10.4. The van der Waals surface area contributed by atoms with Crippen molar-refractivity contribution in [1.29, 1.82) is 0 Å². The fourth-order valence-electron chi connectivity index (χ4n) is 1.19. The van der Waals surface area contributed by atoms with Crippen molar-refractivity contribution in [2.24, 2.45) is 0 Å². The second-order valence-corrected chi connectivity index (χ2v) is 5.80. The number of rotatable bonds is 4. The number of hydrogen-bond donors (Lipinski definition) is 2. The number of benzene rings is 1. The number of thiazole rings is 1. The first-order valence-electron chi connectivity index (χ1n) is 4.76. The van der Waals surface area contributed by atoms with E-state index in [4.69, 9.17) is 5.11 Å². The average molecular weight is 284 g/mol. The lowest BCUT2D eigenvalue weighted by molar-refractivity contribution is 0.0691. The molecule has 2 rings (SSSR count). The van der Waals surface area contributed by atoms with Gasteiger partial charge in [0.1, 0.15) is 0 Å². The van der Waals surface area contributed by atoms with E-state index in [2.05, 4.69) is 9.71 Å². The second kappa shape index (κ2) is 4.75. The smallest absolute Gasteiger partial charge is 0.355 e. The Bertz CT molecular complexity index is 664. The number of aromatic carboxylic acids is 1. The zero-order chi connectivity index (χ0) is 13.2. The lowest BCUT2D eigenvalue weighted by Gasteiger charge is -2.03. The van der Waals surface area contributed by atoms with Crippen LogP contribution in [0.25, 0.3) is 0 Å². The molecule has 0 saturated heterocycles. The Kier molecular flexibility index (Phi) is 3.30. The average Bonchev–Trinajstić information content (AvgIpc) is 2.78. The first-order chi connectivity index (χ1) is 8.49. The van der Waals surface area contributed by atoms with Crippen LogP contribution < -0.4 is 4.72 Å². The summed E-state index contributed by atoms with van der Waals surface area (Å²) in [6.45, 7) is 0. The van der Waals surface area contributed by atoms with Crippen LogP contribution in [0.3, 0.4) is 0 Å². The van der Waals surface area contributed by atoms with Crippen molar-refractivity contribution in [2.75, 3.05) is 4.72 Å². The molecule has 0 saturated carbocycles. The highest BCUT2D eigenvalue weighted by molar-refractivity contribution is 7.93. The molecule has 2 N–H and O–H groups in total. The van der Waals surface area contributed by atoms with Crippen molar-refractivity contribution in [2.45, 2.75) is 4.90 Å². The van der Waals surface area contributed by atoms with Crippen LogP contribution in [0.2, 0.25) is 0 Å². The Morgan fingerprint density at radius 3 is 2.50 bits per heavy atom. The van der Waals surface area contributed by atoms with Gasteiger partial charge < -0.3 is 5.11 Å². The minimum Gasteiger partial charge on any atom is -0.476 e. The fraction of sp³-hybridized carbons (Fsp3) is 0. The summed E-state index contributed by atoms with van der Waals surface area (Å²) in [5.74, 6) is -1.20. The minimum atomic E-state index is -3.72. The monoisotopic (exact) mass is 284 g/mol. The third-order valence-corrected chi connectivity index (χ3v) is 4.24. The van der Waals surface area contributed by atoms with Crippen LogP contribution >= 0.6 is 11.3 Å². The molecule has 0 amide bonds. The summed E-state index contributed by atoms with van der Waals surface area (Å²) >= 11 is 0.917. The Hall–Kier alpha value is -1.93. The summed E-state index contributed by atoms with van der Waals surface area (Å²) in [6, 6.07) is 7.77. The topological polar surface area (TPSA) is 96.4 Å². The number of nitrogens with one attached hydrogen (secondary N) is 1. The largest absolute Gasteiger partial charge is 0.476 e. The first-order valence-corrected chi connectivity index (χ1v) is 7.12. The van der Waals surface area contributed by atoms with Gasteiger partial charge in [-0.1, -0.05) is 18.2 Å². The SMILES string of the molecule is O=C(O)c1csc(NS(=O)(=O)c2ccccc2)n1. The van der Waals surface area contributed by atoms with Crippen LogP contribution in [0.5, 0.6) is 0 Å². The Labute approximate surface area is 107 Å². The highest BCUT2D eigenvalue weighted by Gasteiger charge is 2.16. The number of carboxylic acids is 1. The van der Waals surface area contributed by atoms with Gasteiger partial charge in [-0.25, -0.2) is 18.2 Å². The molecule has 0 radical (unpaired) electrons. The van der Waals surface area contributed by atoms with Crippen molar-refractivity contribution in [1.82, 2.24) is 4.98 Å². The summed E-state index contributed by atoms with van der Waals surface area (Å²) in [6.07, 6.45) is 0. The molecule has 6 nitrogen and oxygen atoms in total. The molecule has 0 aliphatic carbocycles. The second-order valence-electron chi connectivity index (χ2n) is 3.26. The predicted molar refractivity (Wildman–Crippen MR) is 66.3 cm³/mol. The summed E-state index contributed by atoms with van der Waals surface area (Å²) in [4.78, 5) is 14.4. The highest BCUT2D eigenvalue weighted by atomic mass is 32.2. The van der Waals surface area contributed by atoms with E-state index in [1.54, 1.807) is 18.2 Å². The van der Waals surface area contributed by atoms with Crippen LogP contribution in [0, 0.1) is 0 Å². The van der Waals surface area contributed by atoms with E-state index in [1.165, 1.54) is 17.5 Å². The molecular formula is C10H8N2O4S2. The van der Waals surface area contributed by atoms with Gasteiger partial charge in [-0.2, -0.15) is 0 Å². The van der Waals surface area contributed by atoms with Gasteiger partial charge in [0.2, 0.25) is 0 Å². The highest BCUT2D eigenvalue weighted by Crippen LogP contribution is 2.19. The zero-order valence-corrected chi connectivity index (χ0v) is 10.5. The van der Waals surface area contributed by atoms with Crippen molar-refractivity contribution < 1.29 is 18.3 Å². The number of carboxylic acid groups (broad SMARTS) is 1. The molecule has 1 aromatic carbocycles. The van der Waals surface area contributed by atoms with Gasteiger partial charge >= 0.3 is 5.97 Å². The predicted octanol–water partition coefficient (Wildman–Crippen LogP) is 1.64. The van der Waals surface area contributed by atoms with E-state index in [0.29, 0.717) is 0 Å². The van der Waals surface area contributed by atoms with Gasteiger partial charge in [0.25, 0.3) is 10.0 Å². The normalized spacial score (nSPS) is 11.1. The molecule has 18 heavy (non-hydrogen) atoms. The maximum Gasteiger partial charge on any atom is 0.355 e. The summed E-state index contributed by atoms with van der Waals surface area (Å²) < 4.78 is 26.0. The van der Waals surface area contributed by atoms with Crippen LogP contribution in [0.1, 0.15) is 10.5 Å². The first kappa shape index (κ1) is 12.5. The Balaban J connectivity index is 2.25. The standard InChI is InChI=1S/C10H8N2O4S2/c13-9(14)8-6-17-10(11-8)12-18(15,16)7-4-2-1-3-5-7/h1-6H,(H,11,12)(H,13,14). The quantitative estimate of drug-likeness (QED) is 0.889. The molecule has 0 unspecified atom stereocenters. The van der Waals surface area contributed by atoms with E-state index in [-0.39, 0.29) is 15.7 Å². The van der Waals surface area contributed by atoms with Gasteiger partial charge in [-0.15, -0.1) is 11.3 Å². The van der Waals surface area contributed by atoms with Gasteiger partial charge in [0.15, 0.2) is 10.8 Å². The van der Waals surface area contributed by atoms with Gasteiger partial charge in [-0.3, -0.25) is 4.72 Å². The third-order valence-electron chi connectivity index (χ3n) is 2.00. The van der Waals surface area contributed by atoms with Crippen molar-refractivity contribution in [3.63, 3.8) is 0 Å². The number of anilines is 1. The van der Waals surface area contributed by atoms with E-state index >= 15 is 0 Å². The van der Waals surface area contributed by atoms with Gasteiger partial charge in [0.05, 0.1) is 4.90 Å². The Morgan fingerprint density at radius 1 is 1.28 bits per heavy atom. The maximum atomic E-state index is 11.9. The van der Waals surface area contributed by atoms with E-state index in [1.807, 2.05) is 0 Å². The fourth-order valence-corrected chi connectivity index (χ4v) is 3.15. The van der Waals surface area contributed by atoms with Crippen molar-refractivity contribution in [3.8, 4) is 0 Å². The lowest BCUT2D eigenvalue weighted by Crippen LogP contribution is -2.12. The molecule has 0 fully saturated rings. The molecule has 8 heteroatoms. The summed E-state index contributed by atoms with van der Waals surface area (Å²) in [7, 11) is -3.72. The molecule has 2 aromatic rings. The number of sulfonamides is 1. The molecule has 0 bridgehead atoms. The van der Waals surface area contributed by atoms with Gasteiger partial charge in [-0.05, 0) is 12.1 Å². The molecule has 94 valence electrons. The Morgan fingerprint density at radius 2 is 1.94 bits per heavy atom. The molecule has 0 spiro atoms.